The van der Waals surface area contributed by atoms with E-state index < -0.39 is 12.2 Å². The van der Waals surface area contributed by atoms with Crippen molar-refractivity contribution in [2.75, 3.05) is 0 Å². The maximum Gasteiger partial charge on any atom is 0.178 e. The number of benzene rings is 2. The first kappa shape index (κ1) is 16.7. The van der Waals surface area contributed by atoms with Gasteiger partial charge >= 0.3 is 0 Å². The molecule has 0 heterocycles. The molecule has 0 unspecified atom stereocenters. The van der Waals surface area contributed by atoms with Gasteiger partial charge in [-0.25, -0.2) is 0 Å². The summed E-state index contributed by atoms with van der Waals surface area (Å²) in [7, 11) is 0. The summed E-state index contributed by atoms with van der Waals surface area (Å²) in [6, 6.07) is 11.2. The molecule has 2 aromatic carbocycles. The number of hydrogen-bond acceptors (Lipinski definition) is 4. The lowest BCUT2D eigenvalue weighted by molar-refractivity contribution is 0.0891. The Hall–Kier alpha value is -2.62. The van der Waals surface area contributed by atoms with Crippen LogP contribution in [0.1, 0.15) is 53.5 Å². The predicted octanol–water partition coefficient (Wildman–Crippen LogP) is 3.85. The van der Waals surface area contributed by atoms with E-state index >= 15 is 0 Å². The predicted molar refractivity (Wildman–Crippen MR) is 88.2 cm³/mol. The lowest BCUT2D eigenvalue weighted by Gasteiger charge is -2.18. The Morgan fingerprint density at radius 3 is 1.87 bits per heavy atom. The molecule has 0 amide bonds. The smallest absolute Gasteiger partial charge is 0.178 e. The lowest BCUT2D eigenvalue weighted by atomic mass is 9.86. The Bertz CT molecular complexity index is 717. The molecule has 4 nitrogen and oxygen atoms in total. The van der Waals surface area contributed by atoms with Crippen LogP contribution in [0, 0.1) is 0 Å². The van der Waals surface area contributed by atoms with Crippen molar-refractivity contribution in [2.24, 2.45) is 0 Å². The van der Waals surface area contributed by atoms with E-state index in [1.807, 2.05) is 12.1 Å². The molecule has 0 atom stereocenters. The van der Waals surface area contributed by atoms with Crippen LogP contribution in [0.4, 0.5) is 0 Å². The van der Waals surface area contributed by atoms with Crippen molar-refractivity contribution in [3.05, 3.63) is 59.2 Å². The third kappa shape index (κ3) is 3.77. The minimum Gasteiger partial charge on any atom is -0.507 e. The Balaban J connectivity index is 2.17. The Kier molecular flexibility index (Phi) is 4.55. The maximum absolute atomic E-state index is 12.2. The number of aromatic hydroxyl groups is 2. The van der Waals surface area contributed by atoms with E-state index in [0.717, 1.165) is 5.56 Å². The second-order valence-electron chi connectivity index (χ2n) is 6.52. The van der Waals surface area contributed by atoms with Gasteiger partial charge in [0, 0.05) is 5.56 Å². The second-order valence-corrected chi connectivity index (χ2v) is 6.52. The molecule has 0 aliphatic rings. The first-order chi connectivity index (χ1) is 10.7. The van der Waals surface area contributed by atoms with Crippen molar-refractivity contribution in [2.45, 2.75) is 32.6 Å². The van der Waals surface area contributed by atoms with Gasteiger partial charge in [0.15, 0.2) is 11.6 Å². The quantitative estimate of drug-likeness (QED) is 0.664. The van der Waals surface area contributed by atoms with Gasteiger partial charge in [-0.05, 0) is 23.1 Å². The second kappa shape index (κ2) is 6.24. The summed E-state index contributed by atoms with van der Waals surface area (Å²) < 4.78 is 0. The topological polar surface area (TPSA) is 74.6 Å². The van der Waals surface area contributed by atoms with Gasteiger partial charge in [0.05, 0.1) is 6.42 Å². The molecule has 2 aromatic rings. The molecular weight excluding hydrogens is 292 g/mol. The fourth-order valence-electron chi connectivity index (χ4n) is 2.31. The van der Waals surface area contributed by atoms with Crippen molar-refractivity contribution >= 4 is 11.6 Å². The zero-order valence-electron chi connectivity index (χ0n) is 13.5. The average Bonchev–Trinajstić information content (AvgIpc) is 2.46. The fourth-order valence-corrected chi connectivity index (χ4v) is 2.31. The van der Waals surface area contributed by atoms with E-state index in [9.17, 15) is 19.8 Å². The zero-order valence-corrected chi connectivity index (χ0v) is 13.5. The molecule has 0 aromatic heterocycles. The molecule has 0 saturated carbocycles. The summed E-state index contributed by atoms with van der Waals surface area (Å²) in [6.07, 6.45) is -0.403. The molecule has 4 heteroatoms. The van der Waals surface area contributed by atoms with Gasteiger partial charge in [-0.1, -0.05) is 51.1 Å². The number of rotatable bonds is 4. The highest BCUT2D eigenvalue weighted by molar-refractivity contribution is 6.15. The number of phenolic OH excluding ortho intramolecular Hbond substituents is 2. The molecule has 0 spiro atoms. The number of carbonyl (C=O) groups excluding carboxylic acids is 2. The summed E-state index contributed by atoms with van der Waals surface area (Å²) in [5.41, 5.74) is 1.30. The van der Waals surface area contributed by atoms with Crippen molar-refractivity contribution in [1.82, 2.24) is 0 Å². The molecule has 120 valence electrons. The normalized spacial score (nSPS) is 11.3. The lowest BCUT2D eigenvalue weighted by Crippen LogP contribution is -2.12. The molecule has 2 N–H and O–H groups in total. The zero-order chi connectivity index (χ0) is 17.2. The average molecular weight is 312 g/mol. The third-order valence-corrected chi connectivity index (χ3v) is 3.69. The minimum absolute atomic E-state index is 0.0149. The SMILES string of the molecule is CC(C)(C)c1ccc(C(=O)CC(=O)c2c(O)cccc2O)cc1. The molecule has 2 rings (SSSR count). The number of carbonyl (C=O) groups is 2. The summed E-state index contributed by atoms with van der Waals surface area (Å²) in [5, 5.41) is 19.4. The molecule has 0 aliphatic carbocycles. The summed E-state index contributed by atoms with van der Waals surface area (Å²) in [4.78, 5) is 24.4. The van der Waals surface area contributed by atoms with Gasteiger partial charge in [-0.3, -0.25) is 9.59 Å². The van der Waals surface area contributed by atoms with Crippen molar-refractivity contribution in [3.8, 4) is 11.5 Å². The monoisotopic (exact) mass is 312 g/mol. The van der Waals surface area contributed by atoms with Gasteiger partial charge in [0.2, 0.25) is 0 Å². The van der Waals surface area contributed by atoms with Crippen LogP contribution in [-0.4, -0.2) is 21.8 Å². The standard InChI is InChI=1S/C19H20O4/c1-19(2,3)13-9-7-12(8-10-13)16(22)11-17(23)18-14(20)5-4-6-15(18)21/h4-10,20-21H,11H2,1-3H3. The minimum atomic E-state index is -0.606. The number of hydrogen-bond donors (Lipinski definition) is 2. The summed E-state index contributed by atoms with van der Waals surface area (Å²) in [5.74, 6) is -1.61. The Labute approximate surface area is 135 Å². The highest BCUT2D eigenvalue weighted by atomic mass is 16.3. The molecular formula is C19H20O4. The molecule has 0 saturated heterocycles. The van der Waals surface area contributed by atoms with Crippen LogP contribution in [0.15, 0.2) is 42.5 Å². The molecule has 0 bridgehead atoms. The van der Waals surface area contributed by atoms with Crippen LogP contribution < -0.4 is 0 Å². The number of Topliss-reactive ketones (excluding diaryl/α,β-unsaturated/α-hetero) is 2. The van der Waals surface area contributed by atoms with Crippen molar-refractivity contribution < 1.29 is 19.8 Å². The van der Waals surface area contributed by atoms with Gasteiger partial charge in [0.25, 0.3) is 0 Å². The van der Waals surface area contributed by atoms with Crippen LogP contribution in [0.25, 0.3) is 0 Å². The first-order valence-electron chi connectivity index (χ1n) is 7.38. The van der Waals surface area contributed by atoms with E-state index in [1.54, 1.807) is 12.1 Å². The van der Waals surface area contributed by atoms with Crippen LogP contribution >= 0.6 is 0 Å². The largest absolute Gasteiger partial charge is 0.507 e. The van der Waals surface area contributed by atoms with E-state index in [0.29, 0.717) is 5.56 Å². The van der Waals surface area contributed by atoms with Crippen molar-refractivity contribution in [1.29, 1.82) is 0 Å². The molecule has 0 aliphatic heterocycles. The first-order valence-corrected chi connectivity index (χ1v) is 7.38. The van der Waals surface area contributed by atoms with E-state index in [2.05, 4.69) is 20.8 Å². The van der Waals surface area contributed by atoms with E-state index in [4.69, 9.17) is 0 Å². The third-order valence-electron chi connectivity index (χ3n) is 3.69. The molecule has 0 fully saturated rings. The van der Waals surface area contributed by atoms with Gasteiger partial charge in [0.1, 0.15) is 17.1 Å². The van der Waals surface area contributed by atoms with Gasteiger partial charge < -0.3 is 10.2 Å². The van der Waals surface area contributed by atoms with Crippen LogP contribution in [-0.2, 0) is 5.41 Å². The van der Waals surface area contributed by atoms with Crippen molar-refractivity contribution in [3.63, 3.8) is 0 Å². The Morgan fingerprint density at radius 1 is 0.870 bits per heavy atom. The van der Waals surface area contributed by atoms with E-state index in [1.165, 1.54) is 18.2 Å². The van der Waals surface area contributed by atoms with Crippen LogP contribution in [0.3, 0.4) is 0 Å². The fraction of sp³-hybridized carbons (Fsp3) is 0.263. The Morgan fingerprint density at radius 2 is 1.39 bits per heavy atom. The molecule has 0 radical (unpaired) electrons. The summed E-state index contributed by atoms with van der Waals surface area (Å²) in [6.45, 7) is 6.23. The number of phenols is 2. The van der Waals surface area contributed by atoms with Gasteiger partial charge in [-0.2, -0.15) is 0 Å². The highest BCUT2D eigenvalue weighted by Crippen LogP contribution is 2.28. The van der Waals surface area contributed by atoms with Crippen LogP contribution in [0.5, 0.6) is 11.5 Å². The summed E-state index contributed by atoms with van der Waals surface area (Å²) >= 11 is 0. The number of ketones is 2. The highest BCUT2D eigenvalue weighted by Gasteiger charge is 2.20. The molecule has 23 heavy (non-hydrogen) atoms. The van der Waals surface area contributed by atoms with Crippen LogP contribution in [0.2, 0.25) is 0 Å². The van der Waals surface area contributed by atoms with Gasteiger partial charge in [-0.15, -0.1) is 0 Å². The van der Waals surface area contributed by atoms with E-state index in [-0.39, 0.29) is 28.3 Å². The maximum atomic E-state index is 12.2.